The lowest BCUT2D eigenvalue weighted by atomic mass is 10.1. The molecule has 1 aliphatic carbocycles. The van der Waals surface area contributed by atoms with Crippen molar-refractivity contribution in [3.63, 3.8) is 0 Å². The Morgan fingerprint density at radius 3 is 2.64 bits per heavy atom. The van der Waals surface area contributed by atoms with Crippen molar-refractivity contribution in [2.45, 2.75) is 31.1 Å². The molecule has 2 N–H and O–H groups in total. The molecule has 1 saturated carbocycles. The summed E-state index contributed by atoms with van der Waals surface area (Å²) in [5, 5.41) is 4.25. The van der Waals surface area contributed by atoms with E-state index in [1.807, 2.05) is 19.1 Å². The Bertz CT molecular complexity index is 1230. The van der Waals surface area contributed by atoms with Crippen molar-refractivity contribution in [2.24, 2.45) is 0 Å². The van der Waals surface area contributed by atoms with E-state index in [1.165, 1.54) is 7.11 Å². The second kappa shape index (κ2) is 9.81. The van der Waals surface area contributed by atoms with E-state index in [4.69, 9.17) is 9.47 Å². The lowest BCUT2D eigenvalue weighted by Gasteiger charge is -2.13. The number of nitrogens with one attached hydrogen (secondary N) is 2. The summed E-state index contributed by atoms with van der Waals surface area (Å²) < 4.78 is 37.4. The van der Waals surface area contributed by atoms with Crippen LogP contribution in [0.1, 0.15) is 31.6 Å². The normalized spacial score (nSPS) is 14.5. The second-order valence-electron chi connectivity index (χ2n) is 7.28. The minimum atomic E-state index is -3.42. The van der Waals surface area contributed by atoms with Gasteiger partial charge in [-0.2, -0.15) is 0 Å². The number of hydrogen-bond acceptors (Lipinski definition) is 9. The molecule has 2 heterocycles. The highest BCUT2D eigenvalue weighted by Gasteiger charge is 2.36. The van der Waals surface area contributed by atoms with Crippen LogP contribution in [0.4, 0.5) is 10.8 Å². The Labute approximate surface area is 195 Å². The first-order chi connectivity index (χ1) is 15.9. The van der Waals surface area contributed by atoms with Crippen molar-refractivity contribution in [1.29, 1.82) is 0 Å². The summed E-state index contributed by atoms with van der Waals surface area (Å²) >= 11 is 1.11. The van der Waals surface area contributed by atoms with Gasteiger partial charge in [-0.1, -0.05) is 12.1 Å². The summed E-state index contributed by atoms with van der Waals surface area (Å²) in [6, 6.07) is 7.10. The number of aromatic nitrogens is 3. The van der Waals surface area contributed by atoms with Crippen molar-refractivity contribution in [3.05, 3.63) is 47.7 Å². The number of amides is 1. The summed E-state index contributed by atoms with van der Waals surface area (Å²) in [4.78, 5) is 25.5. The summed E-state index contributed by atoms with van der Waals surface area (Å²) in [5.41, 5.74) is 2.35. The zero-order chi connectivity index (χ0) is 23.4. The first-order valence-corrected chi connectivity index (χ1v) is 12.7. The minimum Gasteiger partial charge on any atom is -0.477 e. The van der Waals surface area contributed by atoms with E-state index < -0.39 is 22.0 Å². The molecule has 1 atom stereocenters. The fourth-order valence-corrected chi connectivity index (χ4v) is 5.36. The summed E-state index contributed by atoms with van der Waals surface area (Å²) in [6.07, 6.45) is 3.50. The third kappa shape index (κ3) is 5.64. The van der Waals surface area contributed by atoms with Crippen molar-refractivity contribution in [1.82, 2.24) is 15.0 Å². The number of hydrogen-bond donors (Lipinski definition) is 2. The molecule has 0 spiro atoms. The molecule has 1 aliphatic rings. The van der Waals surface area contributed by atoms with E-state index >= 15 is 0 Å². The highest BCUT2D eigenvalue weighted by Crippen LogP contribution is 2.31. The Hall–Kier alpha value is -3.09. The molecule has 174 valence electrons. The summed E-state index contributed by atoms with van der Waals surface area (Å²) in [6.45, 7) is 2.37. The molecule has 10 nitrogen and oxygen atoms in total. The van der Waals surface area contributed by atoms with Crippen molar-refractivity contribution < 1.29 is 22.7 Å². The molecule has 12 heteroatoms. The molecule has 0 bridgehead atoms. The quantitative estimate of drug-likeness (QED) is 0.444. The molecular formula is C21H23N5O5S2. The van der Waals surface area contributed by atoms with Crippen LogP contribution < -0.4 is 14.8 Å². The first-order valence-electron chi connectivity index (χ1n) is 10.3. The van der Waals surface area contributed by atoms with Gasteiger partial charge in [0, 0.05) is 23.7 Å². The first kappa shape index (κ1) is 23.1. The van der Waals surface area contributed by atoms with E-state index in [0.717, 1.165) is 16.9 Å². The predicted octanol–water partition coefficient (Wildman–Crippen LogP) is 3.23. The number of carbonyl (C=O) groups is 1. The maximum Gasteiger partial charge on any atom is 0.259 e. The van der Waals surface area contributed by atoms with E-state index in [0.29, 0.717) is 42.4 Å². The van der Waals surface area contributed by atoms with Gasteiger partial charge < -0.3 is 14.8 Å². The lowest BCUT2D eigenvalue weighted by molar-refractivity contribution is -0.126. The summed E-state index contributed by atoms with van der Waals surface area (Å²) in [5.74, 6) is 0.0163. The Morgan fingerprint density at radius 1 is 1.21 bits per heavy atom. The molecule has 1 amide bonds. The number of rotatable bonds is 10. The van der Waals surface area contributed by atoms with Crippen molar-refractivity contribution >= 4 is 38.1 Å². The molecule has 4 rings (SSSR count). The number of sulfonamides is 1. The van der Waals surface area contributed by atoms with Gasteiger partial charge in [0.2, 0.25) is 15.9 Å². The molecule has 2 aromatic heterocycles. The van der Waals surface area contributed by atoms with Gasteiger partial charge >= 0.3 is 0 Å². The van der Waals surface area contributed by atoms with Gasteiger partial charge in [-0.3, -0.25) is 14.5 Å². The maximum absolute atomic E-state index is 12.8. The van der Waals surface area contributed by atoms with Crippen LogP contribution >= 0.6 is 11.3 Å². The number of nitrogens with zero attached hydrogens (tertiary/aromatic N) is 3. The van der Waals surface area contributed by atoms with Crippen LogP contribution in [0, 0.1) is 0 Å². The van der Waals surface area contributed by atoms with Gasteiger partial charge in [0.25, 0.3) is 5.91 Å². The fraction of sp³-hybridized carbons (Fsp3) is 0.333. The number of carbonyl (C=O) groups excluding carboxylic acids is 1. The van der Waals surface area contributed by atoms with Gasteiger partial charge in [-0.05, 0) is 31.9 Å². The van der Waals surface area contributed by atoms with E-state index in [-0.39, 0.29) is 10.4 Å². The van der Waals surface area contributed by atoms with Gasteiger partial charge in [0.15, 0.2) is 11.2 Å². The smallest absolute Gasteiger partial charge is 0.259 e. The number of ether oxygens (including phenoxy) is 2. The monoisotopic (exact) mass is 489 g/mol. The molecule has 1 aromatic carbocycles. The van der Waals surface area contributed by atoms with Crippen LogP contribution in [0.15, 0.2) is 42.0 Å². The third-order valence-electron chi connectivity index (χ3n) is 4.81. The highest BCUT2D eigenvalue weighted by molar-refractivity contribution is 7.93. The van der Waals surface area contributed by atoms with Crippen LogP contribution in [-0.4, -0.2) is 48.2 Å². The van der Waals surface area contributed by atoms with E-state index in [2.05, 4.69) is 25.0 Å². The van der Waals surface area contributed by atoms with Crippen LogP contribution in [0.5, 0.6) is 5.88 Å². The topological polar surface area (TPSA) is 132 Å². The molecule has 3 aromatic rings. The van der Waals surface area contributed by atoms with Gasteiger partial charge in [-0.25, -0.2) is 18.4 Å². The van der Waals surface area contributed by atoms with Crippen molar-refractivity contribution in [3.8, 4) is 17.1 Å². The molecule has 0 radical (unpaired) electrons. The lowest BCUT2D eigenvalue weighted by Crippen LogP contribution is -2.23. The van der Waals surface area contributed by atoms with Crippen LogP contribution in [0.25, 0.3) is 11.3 Å². The predicted molar refractivity (Wildman–Crippen MR) is 125 cm³/mol. The average molecular weight is 490 g/mol. The SMILES string of the molecule is CCOc1cncc(-c2ccc(NC(=O)[C@@H](OC)c3csc(NS(=O)(=O)C4CC4)n3)cc2)n1. The van der Waals surface area contributed by atoms with Gasteiger partial charge in [0.1, 0.15) is 0 Å². The number of anilines is 2. The third-order valence-corrected chi connectivity index (χ3v) is 7.54. The van der Waals surface area contributed by atoms with Gasteiger partial charge in [0.05, 0.1) is 35.6 Å². The van der Waals surface area contributed by atoms with Crippen LogP contribution in [-0.2, 0) is 19.6 Å². The van der Waals surface area contributed by atoms with E-state index in [9.17, 15) is 13.2 Å². The molecule has 0 saturated heterocycles. The van der Waals surface area contributed by atoms with Gasteiger partial charge in [-0.15, -0.1) is 11.3 Å². The maximum atomic E-state index is 12.8. The van der Waals surface area contributed by atoms with Crippen molar-refractivity contribution in [2.75, 3.05) is 23.8 Å². The number of thiazole rings is 1. The highest BCUT2D eigenvalue weighted by atomic mass is 32.2. The molecular weight excluding hydrogens is 466 g/mol. The Morgan fingerprint density at radius 2 is 1.97 bits per heavy atom. The Kier molecular flexibility index (Phi) is 6.86. The number of methoxy groups -OCH3 is 1. The second-order valence-corrected chi connectivity index (χ2v) is 10.1. The molecule has 33 heavy (non-hydrogen) atoms. The van der Waals surface area contributed by atoms with Crippen LogP contribution in [0.3, 0.4) is 0 Å². The number of benzene rings is 1. The molecule has 1 fully saturated rings. The minimum absolute atomic E-state index is 0.214. The van der Waals surface area contributed by atoms with Crippen LogP contribution in [0.2, 0.25) is 0 Å². The van der Waals surface area contributed by atoms with E-state index in [1.54, 1.807) is 29.9 Å². The zero-order valence-electron chi connectivity index (χ0n) is 18.0. The average Bonchev–Trinajstić information content (AvgIpc) is 3.57. The zero-order valence-corrected chi connectivity index (χ0v) is 19.6. The standard InChI is InChI=1S/C21H23N5O5S2/c1-3-31-18-11-22-10-16(24-18)13-4-6-14(7-5-13)23-20(27)19(30-2)17-12-32-21(25-17)26-33(28,29)15-8-9-15/h4-7,10-12,15,19H,3,8-9H2,1-2H3,(H,23,27)(H,25,26)/t19-/m0/s1. The molecule has 0 unspecified atom stereocenters. The Balaban J connectivity index is 1.42. The largest absolute Gasteiger partial charge is 0.477 e. The molecule has 0 aliphatic heterocycles. The fourth-order valence-electron chi connectivity index (χ4n) is 3.04. The summed E-state index contributed by atoms with van der Waals surface area (Å²) in [7, 11) is -2.03.